The molecule has 6 atom stereocenters. The van der Waals surface area contributed by atoms with Crippen molar-refractivity contribution in [1.82, 2.24) is 25.2 Å². The molecule has 1 spiro atoms. The average molecular weight is 782 g/mol. The highest BCUT2D eigenvalue weighted by atomic mass is 32.2. The van der Waals surface area contributed by atoms with E-state index in [0.717, 1.165) is 37.7 Å². The van der Waals surface area contributed by atoms with Gasteiger partial charge in [-0.2, -0.15) is 0 Å². The quantitative estimate of drug-likeness (QED) is 0.362. The zero-order valence-electron chi connectivity index (χ0n) is 31.0. The summed E-state index contributed by atoms with van der Waals surface area (Å²) in [5.74, 6) is -2.45. The van der Waals surface area contributed by atoms with E-state index in [-0.39, 0.29) is 37.8 Å². The number of sulfonamides is 1. The number of nitrogens with zero attached hydrogens (tertiary/aromatic N) is 2. The smallest absolute Gasteiger partial charge is 0.410 e. The molecule has 55 heavy (non-hydrogen) atoms. The van der Waals surface area contributed by atoms with Crippen molar-refractivity contribution in [3.63, 3.8) is 0 Å². The van der Waals surface area contributed by atoms with Gasteiger partial charge in [0, 0.05) is 37.3 Å². The van der Waals surface area contributed by atoms with Crippen molar-refractivity contribution in [2.45, 2.75) is 131 Å². The summed E-state index contributed by atoms with van der Waals surface area (Å²) in [6, 6.07) is 5.95. The highest BCUT2D eigenvalue weighted by Gasteiger charge is 2.62. The van der Waals surface area contributed by atoms with Crippen molar-refractivity contribution in [2.75, 3.05) is 26.3 Å². The number of ether oxygens (including phenoxy) is 3. The number of carbonyl (C=O) groups is 5. The molecule has 3 N–H and O–H groups in total. The van der Waals surface area contributed by atoms with Crippen LogP contribution in [0.2, 0.25) is 0 Å². The fourth-order valence-corrected chi connectivity index (χ4v) is 10.4. The molecular formula is C39H51N5O10S. The van der Waals surface area contributed by atoms with Gasteiger partial charge in [-0.25, -0.2) is 18.0 Å². The fraction of sp³-hybridized carbons (Fsp3) is 0.667. The number of nitrogens with one attached hydrogen (secondary N) is 3. The van der Waals surface area contributed by atoms with E-state index in [1.54, 1.807) is 4.90 Å². The van der Waals surface area contributed by atoms with Crippen LogP contribution in [-0.4, -0.2) is 110 Å². The van der Waals surface area contributed by atoms with E-state index in [9.17, 15) is 32.4 Å². The molecule has 3 aliphatic carbocycles. The number of benzene rings is 1. The second-order valence-corrected chi connectivity index (χ2v) is 18.5. The minimum atomic E-state index is -3.90. The zero-order valence-corrected chi connectivity index (χ0v) is 31.9. The Balaban J connectivity index is 1.04. The van der Waals surface area contributed by atoms with Crippen molar-refractivity contribution >= 4 is 39.9 Å². The van der Waals surface area contributed by atoms with Crippen LogP contribution in [0.5, 0.6) is 0 Å². The number of fused-ring (bicyclic) bond motifs is 4. The minimum Gasteiger partial charge on any atom is -0.444 e. The average Bonchev–Trinajstić information content (AvgIpc) is 4.02. The van der Waals surface area contributed by atoms with Crippen LogP contribution >= 0.6 is 0 Å². The standard InChI is InChI=1S/C39H51N5O10S/c45-33-32-19-28(54-37(49)43-21-25-9-6-7-11-30(25)38(24-43)16-8-17-38)22-44(32)34(46)31(40-36(48)53-27-15-18-52-23-27)12-5-3-1-2-4-10-26-20-39(26,41-33)35(47)42-55(50,51)29-13-14-29/h4,6-7,9-11,26-29,31-32H,1-3,5,8,12-24H2,(H,40,48)(H,41,45)(H,42,47)/b10-4-/t26-,27-,28-,31+,32+,39-/m1/s1. The molecule has 3 saturated carbocycles. The van der Waals surface area contributed by atoms with Crippen LogP contribution in [0.3, 0.4) is 0 Å². The molecule has 16 heteroatoms. The van der Waals surface area contributed by atoms with Crippen molar-refractivity contribution < 1.29 is 46.6 Å². The molecule has 8 rings (SSSR count). The molecular weight excluding hydrogens is 731 g/mol. The third-order valence-corrected chi connectivity index (χ3v) is 14.4. The third kappa shape index (κ3) is 7.80. The van der Waals surface area contributed by atoms with Crippen LogP contribution in [0.25, 0.3) is 0 Å². The van der Waals surface area contributed by atoms with E-state index in [1.165, 1.54) is 10.5 Å². The molecule has 4 aliphatic heterocycles. The monoisotopic (exact) mass is 781 g/mol. The lowest BCUT2D eigenvalue weighted by Crippen LogP contribution is -2.58. The molecule has 5 amide bonds. The normalized spacial score (nSPS) is 32.3. The Morgan fingerprint density at radius 2 is 1.78 bits per heavy atom. The molecule has 0 radical (unpaired) electrons. The van der Waals surface area contributed by atoms with E-state index in [0.29, 0.717) is 51.8 Å². The van der Waals surface area contributed by atoms with Gasteiger partial charge < -0.3 is 34.6 Å². The Bertz CT molecular complexity index is 1840. The number of amides is 5. The van der Waals surface area contributed by atoms with E-state index < -0.39 is 80.9 Å². The Hall–Kier alpha value is -4.18. The summed E-state index contributed by atoms with van der Waals surface area (Å²) < 4.78 is 44.8. The van der Waals surface area contributed by atoms with Gasteiger partial charge in [0.1, 0.15) is 29.8 Å². The van der Waals surface area contributed by atoms with Crippen molar-refractivity contribution in [2.24, 2.45) is 5.92 Å². The molecule has 0 unspecified atom stereocenters. The summed E-state index contributed by atoms with van der Waals surface area (Å²) >= 11 is 0. The van der Waals surface area contributed by atoms with Crippen molar-refractivity contribution in [3.05, 3.63) is 47.5 Å². The molecule has 5 fully saturated rings. The van der Waals surface area contributed by atoms with E-state index >= 15 is 0 Å². The highest BCUT2D eigenvalue weighted by molar-refractivity contribution is 7.91. The summed E-state index contributed by atoms with van der Waals surface area (Å²) in [7, 11) is -3.90. The number of rotatable bonds is 6. The van der Waals surface area contributed by atoms with Crippen LogP contribution in [0, 0.1) is 5.92 Å². The van der Waals surface area contributed by atoms with E-state index in [2.05, 4.69) is 21.4 Å². The van der Waals surface area contributed by atoms with Crippen LogP contribution in [0.4, 0.5) is 9.59 Å². The SMILES string of the molecule is O=C(N[C@H]1CCCCC/C=C\[C@@H]2C[C@@]2(C(=O)NS(=O)(=O)C2CC2)NC(=O)[C@@H]2C[C@@H](OC(=O)N3Cc4ccccc4C4(CCC4)C3)CN2C1=O)O[C@@H]1CCOC1. The molecule has 0 aromatic heterocycles. The van der Waals surface area contributed by atoms with Crippen molar-refractivity contribution in [3.8, 4) is 0 Å². The Kier molecular flexibility index (Phi) is 10.3. The van der Waals surface area contributed by atoms with Crippen LogP contribution < -0.4 is 15.4 Å². The van der Waals surface area contributed by atoms with Gasteiger partial charge in [-0.3, -0.25) is 19.1 Å². The number of allylic oxidation sites excluding steroid dienone is 1. The first-order valence-electron chi connectivity index (χ1n) is 19.9. The molecule has 2 saturated heterocycles. The first kappa shape index (κ1) is 37.7. The molecule has 7 aliphatic rings. The van der Waals surface area contributed by atoms with Crippen LogP contribution in [0.1, 0.15) is 94.6 Å². The maximum atomic E-state index is 14.5. The minimum absolute atomic E-state index is 0.0476. The highest BCUT2D eigenvalue weighted by Crippen LogP contribution is 2.49. The van der Waals surface area contributed by atoms with Gasteiger partial charge in [0.15, 0.2) is 0 Å². The Morgan fingerprint density at radius 1 is 0.964 bits per heavy atom. The first-order valence-corrected chi connectivity index (χ1v) is 21.5. The number of alkyl carbamates (subject to hydrolysis) is 1. The zero-order chi connectivity index (χ0) is 38.4. The van der Waals surface area contributed by atoms with Gasteiger partial charge in [0.05, 0.1) is 25.0 Å². The summed E-state index contributed by atoms with van der Waals surface area (Å²) in [6.45, 7) is 1.52. The predicted octanol–water partition coefficient (Wildman–Crippen LogP) is 2.92. The summed E-state index contributed by atoms with van der Waals surface area (Å²) in [6.07, 6.45) is 8.94. The van der Waals surface area contributed by atoms with E-state index in [4.69, 9.17) is 14.2 Å². The molecule has 1 aromatic carbocycles. The van der Waals surface area contributed by atoms with Gasteiger partial charge in [-0.1, -0.05) is 55.7 Å². The van der Waals surface area contributed by atoms with Gasteiger partial charge in [-0.15, -0.1) is 0 Å². The molecule has 0 bridgehead atoms. The second-order valence-electron chi connectivity index (χ2n) is 16.5. The lowest BCUT2D eigenvalue weighted by atomic mass is 9.61. The Morgan fingerprint density at radius 3 is 2.53 bits per heavy atom. The maximum Gasteiger partial charge on any atom is 0.410 e. The van der Waals surface area contributed by atoms with Crippen molar-refractivity contribution in [1.29, 1.82) is 0 Å². The predicted molar refractivity (Wildman–Crippen MR) is 197 cm³/mol. The van der Waals surface area contributed by atoms with Gasteiger partial charge in [0.25, 0.3) is 5.91 Å². The molecule has 15 nitrogen and oxygen atoms in total. The molecule has 1 aromatic rings. The largest absolute Gasteiger partial charge is 0.444 e. The lowest BCUT2D eigenvalue weighted by molar-refractivity contribution is -0.141. The first-order chi connectivity index (χ1) is 26.5. The summed E-state index contributed by atoms with van der Waals surface area (Å²) in [5.41, 5.74) is 0.700. The summed E-state index contributed by atoms with van der Waals surface area (Å²) in [5, 5.41) is 4.95. The number of hydrogen-bond donors (Lipinski definition) is 3. The fourth-order valence-electron chi connectivity index (χ4n) is 9.05. The number of hydrogen-bond acceptors (Lipinski definition) is 10. The third-order valence-electron chi connectivity index (χ3n) is 12.6. The van der Waals surface area contributed by atoms with E-state index in [1.807, 2.05) is 30.4 Å². The summed E-state index contributed by atoms with van der Waals surface area (Å²) in [4.78, 5) is 72.5. The van der Waals surface area contributed by atoms with Crippen LogP contribution in [-0.2, 0) is 50.6 Å². The van der Waals surface area contributed by atoms with Gasteiger partial charge >= 0.3 is 12.2 Å². The topological polar surface area (TPSA) is 190 Å². The maximum absolute atomic E-state index is 14.5. The molecule has 4 heterocycles. The second kappa shape index (κ2) is 15.1. The Labute approximate surface area is 321 Å². The number of carbonyl (C=O) groups excluding carboxylic acids is 5. The van der Waals surface area contributed by atoms with Gasteiger partial charge in [-0.05, 0) is 62.5 Å². The van der Waals surface area contributed by atoms with Gasteiger partial charge in [0.2, 0.25) is 21.8 Å². The molecule has 298 valence electrons. The van der Waals surface area contributed by atoms with Crippen LogP contribution in [0.15, 0.2) is 36.4 Å². The lowest BCUT2D eigenvalue weighted by Gasteiger charge is -2.49.